The fraction of sp³-hybridized carbons (Fsp3) is 0.286. The summed E-state index contributed by atoms with van der Waals surface area (Å²) in [6, 6.07) is 0. The van der Waals surface area contributed by atoms with Crippen molar-refractivity contribution >= 4 is 15.9 Å². The molecular formula is C7H8BrN3. The molecule has 0 saturated carbocycles. The lowest BCUT2D eigenvalue weighted by molar-refractivity contribution is 0.711. The van der Waals surface area contributed by atoms with Crippen LogP contribution in [0.4, 0.5) is 0 Å². The first-order valence-electron chi connectivity index (χ1n) is 3.12. The van der Waals surface area contributed by atoms with Gasteiger partial charge in [-0.3, -0.25) is 4.68 Å². The minimum Gasteiger partial charge on any atom is -0.325 e. The van der Waals surface area contributed by atoms with Crippen LogP contribution < -0.4 is 5.73 Å². The first-order chi connectivity index (χ1) is 5.29. The van der Waals surface area contributed by atoms with E-state index in [0.717, 1.165) is 11.3 Å². The fourth-order valence-electron chi connectivity index (χ4n) is 0.860. The summed E-state index contributed by atoms with van der Waals surface area (Å²) in [7, 11) is 1.85. The molecule has 0 bridgehead atoms. The fourth-order valence-corrected chi connectivity index (χ4v) is 1.07. The number of hydrogen-bond donors (Lipinski definition) is 1. The molecule has 11 heavy (non-hydrogen) atoms. The molecule has 0 atom stereocenters. The molecule has 0 aliphatic rings. The number of hydrogen-bond acceptors (Lipinski definition) is 2. The zero-order valence-electron chi connectivity index (χ0n) is 6.13. The Morgan fingerprint density at radius 1 is 1.82 bits per heavy atom. The number of rotatable bonds is 1. The van der Waals surface area contributed by atoms with E-state index in [2.05, 4.69) is 31.8 Å². The van der Waals surface area contributed by atoms with Crippen LogP contribution in [0.5, 0.6) is 0 Å². The molecule has 2 N–H and O–H groups in total. The van der Waals surface area contributed by atoms with Crippen LogP contribution in [-0.4, -0.2) is 9.78 Å². The Morgan fingerprint density at radius 2 is 2.55 bits per heavy atom. The molecule has 1 aromatic rings. The highest BCUT2D eigenvalue weighted by Gasteiger charge is 2.02. The van der Waals surface area contributed by atoms with E-state index in [-0.39, 0.29) is 0 Å². The second-order valence-corrected chi connectivity index (χ2v) is 2.45. The van der Waals surface area contributed by atoms with E-state index in [1.54, 1.807) is 10.9 Å². The van der Waals surface area contributed by atoms with Crippen LogP contribution in [0, 0.1) is 10.8 Å². The lowest BCUT2D eigenvalue weighted by Crippen LogP contribution is -2.05. The molecule has 0 fully saturated rings. The molecule has 1 heterocycles. The second-order valence-electron chi connectivity index (χ2n) is 2.05. The summed E-state index contributed by atoms with van der Waals surface area (Å²) < 4.78 is 1.73. The number of nitrogens with two attached hydrogens (primary N) is 1. The van der Waals surface area contributed by atoms with E-state index in [0.29, 0.717) is 6.54 Å². The quantitative estimate of drug-likeness (QED) is 0.695. The predicted octanol–water partition coefficient (Wildman–Crippen LogP) is 0.583. The molecule has 0 spiro atoms. The molecule has 0 unspecified atom stereocenters. The molecule has 3 nitrogen and oxygen atoms in total. The van der Waals surface area contributed by atoms with Crippen molar-refractivity contribution in [2.24, 2.45) is 12.8 Å². The number of aryl methyl sites for hydroxylation is 1. The van der Waals surface area contributed by atoms with Gasteiger partial charge in [-0.15, -0.1) is 0 Å². The summed E-state index contributed by atoms with van der Waals surface area (Å²) in [5.74, 6) is 2.85. The maximum atomic E-state index is 5.48. The third-order valence-electron chi connectivity index (χ3n) is 1.44. The number of nitrogens with zero attached hydrogens (tertiary/aromatic N) is 2. The Balaban J connectivity index is 3.12. The van der Waals surface area contributed by atoms with Gasteiger partial charge in [-0.05, 0) is 4.83 Å². The summed E-state index contributed by atoms with van der Waals surface area (Å²) >= 11 is 3.02. The van der Waals surface area contributed by atoms with Crippen LogP contribution in [0.3, 0.4) is 0 Å². The van der Waals surface area contributed by atoms with Crippen molar-refractivity contribution < 1.29 is 0 Å². The molecule has 0 saturated heterocycles. The van der Waals surface area contributed by atoms with Crippen molar-refractivity contribution in [2.45, 2.75) is 6.54 Å². The Kier molecular flexibility index (Phi) is 2.69. The van der Waals surface area contributed by atoms with Crippen LogP contribution in [0.1, 0.15) is 11.3 Å². The summed E-state index contributed by atoms with van der Waals surface area (Å²) in [5, 5.41) is 4.02. The van der Waals surface area contributed by atoms with Gasteiger partial charge in [0.15, 0.2) is 0 Å². The average Bonchev–Trinajstić information content (AvgIpc) is 2.33. The first-order valence-corrected chi connectivity index (χ1v) is 3.91. The summed E-state index contributed by atoms with van der Waals surface area (Å²) in [6.07, 6.45) is 1.70. The van der Waals surface area contributed by atoms with Crippen LogP contribution in [0.15, 0.2) is 6.20 Å². The van der Waals surface area contributed by atoms with Crippen molar-refractivity contribution in [1.29, 1.82) is 0 Å². The van der Waals surface area contributed by atoms with Crippen LogP contribution in [0.25, 0.3) is 0 Å². The van der Waals surface area contributed by atoms with Gasteiger partial charge in [0.05, 0.1) is 17.5 Å². The van der Waals surface area contributed by atoms with Gasteiger partial charge in [0, 0.05) is 29.5 Å². The third-order valence-corrected chi connectivity index (χ3v) is 1.64. The molecule has 0 amide bonds. The van der Waals surface area contributed by atoms with Gasteiger partial charge in [0.2, 0.25) is 0 Å². The Labute approximate surface area is 73.7 Å². The molecule has 0 aliphatic carbocycles. The molecule has 58 valence electrons. The van der Waals surface area contributed by atoms with Crippen LogP contribution >= 0.6 is 15.9 Å². The standard InChI is InChI=1S/C7H8BrN3/c1-11-7(4-9)6(2-3-8)5-10-11/h5H,4,9H2,1H3. The van der Waals surface area contributed by atoms with Gasteiger partial charge < -0.3 is 5.73 Å². The molecule has 0 aromatic carbocycles. The Morgan fingerprint density at radius 3 is 3.09 bits per heavy atom. The van der Waals surface area contributed by atoms with E-state index >= 15 is 0 Å². The normalized spacial score (nSPS) is 9.00. The first kappa shape index (κ1) is 8.31. The molecule has 0 radical (unpaired) electrons. The van der Waals surface area contributed by atoms with Crippen molar-refractivity contribution in [1.82, 2.24) is 9.78 Å². The second kappa shape index (κ2) is 3.56. The van der Waals surface area contributed by atoms with Crippen molar-refractivity contribution in [3.8, 4) is 10.8 Å². The topological polar surface area (TPSA) is 43.8 Å². The SMILES string of the molecule is Cn1ncc(C#CBr)c1CN. The van der Waals surface area contributed by atoms with E-state index in [4.69, 9.17) is 5.73 Å². The summed E-state index contributed by atoms with van der Waals surface area (Å²) in [6.45, 7) is 0.466. The van der Waals surface area contributed by atoms with Crippen molar-refractivity contribution in [3.63, 3.8) is 0 Å². The number of halogens is 1. The van der Waals surface area contributed by atoms with Gasteiger partial charge in [-0.1, -0.05) is 5.92 Å². The van der Waals surface area contributed by atoms with Gasteiger partial charge in [0.25, 0.3) is 0 Å². The number of aromatic nitrogens is 2. The van der Waals surface area contributed by atoms with Gasteiger partial charge >= 0.3 is 0 Å². The van der Waals surface area contributed by atoms with E-state index < -0.39 is 0 Å². The highest BCUT2D eigenvalue weighted by Crippen LogP contribution is 2.04. The zero-order valence-corrected chi connectivity index (χ0v) is 7.72. The van der Waals surface area contributed by atoms with E-state index in [1.807, 2.05) is 7.05 Å². The van der Waals surface area contributed by atoms with Crippen molar-refractivity contribution in [2.75, 3.05) is 0 Å². The van der Waals surface area contributed by atoms with Crippen LogP contribution in [0.2, 0.25) is 0 Å². The molecule has 1 rings (SSSR count). The van der Waals surface area contributed by atoms with Crippen molar-refractivity contribution in [3.05, 3.63) is 17.5 Å². The monoisotopic (exact) mass is 213 g/mol. The largest absolute Gasteiger partial charge is 0.325 e. The Bertz CT molecular complexity index is 305. The summed E-state index contributed by atoms with van der Waals surface area (Å²) in [5.41, 5.74) is 7.32. The lowest BCUT2D eigenvalue weighted by atomic mass is 10.2. The highest BCUT2D eigenvalue weighted by atomic mass is 79.9. The van der Waals surface area contributed by atoms with E-state index in [1.165, 1.54) is 0 Å². The Hall–Kier alpha value is -0.790. The molecule has 4 heteroatoms. The van der Waals surface area contributed by atoms with Gasteiger partial charge in [-0.2, -0.15) is 5.10 Å². The molecule has 0 aliphatic heterocycles. The molecule has 1 aromatic heterocycles. The highest BCUT2D eigenvalue weighted by molar-refractivity contribution is 9.12. The lowest BCUT2D eigenvalue weighted by Gasteiger charge is -1.96. The smallest absolute Gasteiger partial charge is 0.0679 e. The minimum atomic E-state index is 0.466. The minimum absolute atomic E-state index is 0.466. The van der Waals surface area contributed by atoms with Gasteiger partial charge in [0.1, 0.15) is 0 Å². The summed E-state index contributed by atoms with van der Waals surface area (Å²) in [4.78, 5) is 2.63. The van der Waals surface area contributed by atoms with Gasteiger partial charge in [-0.25, -0.2) is 0 Å². The molecular weight excluding hydrogens is 206 g/mol. The predicted molar refractivity (Wildman–Crippen MR) is 46.9 cm³/mol. The average molecular weight is 214 g/mol. The third kappa shape index (κ3) is 1.62. The maximum Gasteiger partial charge on any atom is 0.0679 e. The van der Waals surface area contributed by atoms with E-state index in [9.17, 15) is 0 Å². The van der Waals surface area contributed by atoms with Crippen LogP contribution in [-0.2, 0) is 13.6 Å². The maximum absolute atomic E-state index is 5.48. The zero-order chi connectivity index (χ0) is 8.27.